The third-order valence-corrected chi connectivity index (χ3v) is 1.19. The fourth-order valence-corrected chi connectivity index (χ4v) is 0.414. The molecule has 0 bridgehead atoms. The van der Waals surface area contributed by atoms with Crippen molar-refractivity contribution in [3.05, 3.63) is 12.2 Å². The fraction of sp³-hybridized carbons (Fsp3) is 0.714. The standard InChI is InChI=1S/C7H15N/c1-4-6-7-8(3)5-2/h4,6H,5,7H2,1-3H3. The van der Waals surface area contributed by atoms with Crippen LogP contribution in [0.2, 0.25) is 0 Å². The van der Waals surface area contributed by atoms with Gasteiger partial charge in [-0.05, 0) is 20.5 Å². The van der Waals surface area contributed by atoms with Gasteiger partial charge in [0.25, 0.3) is 0 Å². The van der Waals surface area contributed by atoms with Crippen LogP contribution in [0, 0.1) is 0 Å². The first-order valence-electron chi connectivity index (χ1n) is 3.11. The predicted molar refractivity (Wildman–Crippen MR) is 38.0 cm³/mol. The molecule has 0 atom stereocenters. The van der Waals surface area contributed by atoms with Gasteiger partial charge < -0.3 is 4.90 Å². The lowest BCUT2D eigenvalue weighted by Crippen LogP contribution is -2.16. The van der Waals surface area contributed by atoms with Gasteiger partial charge in [-0.15, -0.1) is 0 Å². The van der Waals surface area contributed by atoms with Gasteiger partial charge in [-0.2, -0.15) is 0 Å². The summed E-state index contributed by atoms with van der Waals surface area (Å²) in [6.07, 6.45) is 4.23. The monoisotopic (exact) mass is 113 g/mol. The summed E-state index contributed by atoms with van der Waals surface area (Å²) >= 11 is 0. The molecule has 0 aromatic heterocycles. The second kappa shape index (κ2) is 4.85. The van der Waals surface area contributed by atoms with Crippen molar-refractivity contribution in [1.82, 2.24) is 4.90 Å². The van der Waals surface area contributed by atoms with Crippen LogP contribution in [0.25, 0.3) is 0 Å². The normalized spacial score (nSPS) is 11.5. The molecule has 1 nitrogen and oxygen atoms in total. The molecule has 0 aliphatic rings. The van der Waals surface area contributed by atoms with Gasteiger partial charge in [0.2, 0.25) is 0 Å². The Balaban J connectivity index is 3.10. The van der Waals surface area contributed by atoms with Crippen molar-refractivity contribution < 1.29 is 0 Å². The molecule has 0 spiro atoms. The summed E-state index contributed by atoms with van der Waals surface area (Å²) in [5, 5.41) is 0. The Morgan fingerprint density at radius 1 is 1.50 bits per heavy atom. The Labute approximate surface area is 52.0 Å². The van der Waals surface area contributed by atoms with Gasteiger partial charge in [-0.25, -0.2) is 0 Å². The molecule has 48 valence electrons. The number of allylic oxidation sites excluding steroid dienone is 1. The maximum Gasteiger partial charge on any atom is 0.0159 e. The van der Waals surface area contributed by atoms with Crippen LogP contribution in [0.4, 0.5) is 0 Å². The van der Waals surface area contributed by atoms with Crippen LogP contribution in [-0.4, -0.2) is 25.0 Å². The highest BCUT2D eigenvalue weighted by atomic mass is 15.1. The van der Waals surface area contributed by atoms with E-state index in [-0.39, 0.29) is 0 Å². The third-order valence-electron chi connectivity index (χ3n) is 1.19. The molecule has 0 saturated heterocycles. The highest BCUT2D eigenvalue weighted by Gasteiger charge is 1.84. The summed E-state index contributed by atoms with van der Waals surface area (Å²) in [6, 6.07) is 0. The average Bonchev–Trinajstić information content (AvgIpc) is 1.83. The Kier molecular flexibility index (Phi) is 4.67. The second-order valence-electron chi connectivity index (χ2n) is 1.92. The van der Waals surface area contributed by atoms with E-state index in [9.17, 15) is 0 Å². The van der Waals surface area contributed by atoms with Gasteiger partial charge in [-0.1, -0.05) is 19.1 Å². The van der Waals surface area contributed by atoms with Gasteiger partial charge in [0.1, 0.15) is 0 Å². The molecule has 0 N–H and O–H groups in total. The summed E-state index contributed by atoms with van der Waals surface area (Å²) in [5.41, 5.74) is 0. The summed E-state index contributed by atoms with van der Waals surface area (Å²) in [7, 11) is 2.11. The predicted octanol–water partition coefficient (Wildman–Crippen LogP) is 1.51. The molecule has 0 aromatic rings. The quantitative estimate of drug-likeness (QED) is 0.501. The van der Waals surface area contributed by atoms with Gasteiger partial charge in [0.15, 0.2) is 0 Å². The summed E-state index contributed by atoms with van der Waals surface area (Å²) in [4.78, 5) is 2.25. The van der Waals surface area contributed by atoms with Crippen LogP contribution in [0.15, 0.2) is 12.2 Å². The summed E-state index contributed by atoms with van der Waals surface area (Å²) < 4.78 is 0. The minimum atomic E-state index is 1.08. The van der Waals surface area contributed by atoms with E-state index in [0.29, 0.717) is 0 Å². The Bertz CT molecular complexity index is 66.8. The number of rotatable bonds is 3. The lowest BCUT2D eigenvalue weighted by Gasteiger charge is -2.08. The Hall–Kier alpha value is -0.300. The smallest absolute Gasteiger partial charge is 0.0159 e. The Morgan fingerprint density at radius 2 is 2.12 bits per heavy atom. The van der Waals surface area contributed by atoms with Crippen LogP contribution >= 0.6 is 0 Å². The zero-order valence-electron chi connectivity index (χ0n) is 6.02. The van der Waals surface area contributed by atoms with Crippen LogP contribution in [0.1, 0.15) is 13.8 Å². The molecule has 0 heterocycles. The first kappa shape index (κ1) is 7.70. The number of hydrogen-bond donors (Lipinski definition) is 0. The van der Waals surface area contributed by atoms with Crippen LogP contribution in [0.3, 0.4) is 0 Å². The van der Waals surface area contributed by atoms with Crippen molar-refractivity contribution in [3.8, 4) is 0 Å². The van der Waals surface area contributed by atoms with Gasteiger partial charge in [0, 0.05) is 6.54 Å². The molecule has 0 rings (SSSR count). The summed E-state index contributed by atoms with van der Waals surface area (Å²) in [6.45, 7) is 6.41. The molecule has 8 heavy (non-hydrogen) atoms. The van der Waals surface area contributed by atoms with E-state index in [1.54, 1.807) is 0 Å². The van der Waals surface area contributed by atoms with Crippen LogP contribution in [-0.2, 0) is 0 Å². The number of nitrogens with zero attached hydrogens (tertiary/aromatic N) is 1. The van der Waals surface area contributed by atoms with Crippen molar-refractivity contribution >= 4 is 0 Å². The summed E-state index contributed by atoms with van der Waals surface area (Å²) in [5.74, 6) is 0. The van der Waals surface area contributed by atoms with E-state index in [2.05, 4.69) is 31.0 Å². The molecule has 0 aliphatic heterocycles. The first-order chi connectivity index (χ1) is 3.81. The Morgan fingerprint density at radius 3 is 2.50 bits per heavy atom. The van der Waals surface area contributed by atoms with E-state index in [1.807, 2.05) is 6.92 Å². The molecule has 0 aromatic carbocycles. The van der Waals surface area contributed by atoms with E-state index in [1.165, 1.54) is 0 Å². The van der Waals surface area contributed by atoms with E-state index in [4.69, 9.17) is 0 Å². The number of likely N-dealkylation sites (N-methyl/N-ethyl adjacent to an activating group) is 1. The molecular weight excluding hydrogens is 98.1 g/mol. The van der Waals surface area contributed by atoms with Crippen molar-refractivity contribution in [2.24, 2.45) is 0 Å². The zero-order valence-corrected chi connectivity index (χ0v) is 6.02. The lowest BCUT2D eigenvalue weighted by molar-refractivity contribution is 0.392. The molecule has 0 saturated carbocycles. The van der Waals surface area contributed by atoms with Crippen LogP contribution < -0.4 is 0 Å². The minimum Gasteiger partial charge on any atom is -0.303 e. The molecule has 1 heteroatoms. The third kappa shape index (κ3) is 3.88. The van der Waals surface area contributed by atoms with E-state index in [0.717, 1.165) is 13.1 Å². The molecular formula is C7H15N. The van der Waals surface area contributed by atoms with Crippen molar-refractivity contribution in [1.29, 1.82) is 0 Å². The minimum absolute atomic E-state index is 1.08. The average molecular weight is 113 g/mol. The van der Waals surface area contributed by atoms with Crippen molar-refractivity contribution in [3.63, 3.8) is 0 Å². The lowest BCUT2D eigenvalue weighted by atomic mass is 10.5. The maximum atomic E-state index is 2.25. The first-order valence-corrected chi connectivity index (χ1v) is 3.11. The van der Waals surface area contributed by atoms with Gasteiger partial charge in [-0.3, -0.25) is 0 Å². The highest BCUT2D eigenvalue weighted by Crippen LogP contribution is 1.80. The largest absolute Gasteiger partial charge is 0.303 e. The topological polar surface area (TPSA) is 3.24 Å². The van der Waals surface area contributed by atoms with Gasteiger partial charge in [0.05, 0.1) is 0 Å². The van der Waals surface area contributed by atoms with E-state index < -0.39 is 0 Å². The zero-order chi connectivity index (χ0) is 6.41. The molecule has 0 unspecified atom stereocenters. The van der Waals surface area contributed by atoms with E-state index >= 15 is 0 Å². The highest BCUT2D eigenvalue weighted by molar-refractivity contribution is 4.79. The van der Waals surface area contributed by atoms with Crippen molar-refractivity contribution in [2.75, 3.05) is 20.1 Å². The SMILES string of the molecule is CC=CCN(C)CC. The molecule has 0 amide bonds. The van der Waals surface area contributed by atoms with Crippen LogP contribution in [0.5, 0.6) is 0 Å². The maximum absolute atomic E-state index is 2.25. The van der Waals surface area contributed by atoms with Crippen molar-refractivity contribution in [2.45, 2.75) is 13.8 Å². The molecule has 0 fully saturated rings. The molecule has 0 aliphatic carbocycles. The number of hydrogen-bond acceptors (Lipinski definition) is 1. The van der Waals surface area contributed by atoms with Gasteiger partial charge >= 0.3 is 0 Å². The molecule has 0 radical (unpaired) electrons. The second-order valence-corrected chi connectivity index (χ2v) is 1.92. The fourth-order valence-electron chi connectivity index (χ4n) is 0.414.